The monoisotopic (exact) mass is 818 g/mol. The van der Waals surface area contributed by atoms with Gasteiger partial charge in [0.2, 0.25) is 0 Å². The molecule has 2 aliphatic carbocycles. The predicted molar refractivity (Wildman–Crippen MR) is 227 cm³/mol. The summed E-state index contributed by atoms with van der Waals surface area (Å²) < 4.78 is 25.3. The first kappa shape index (κ1) is 39.6. The van der Waals surface area contributed by atoms with E-state index in [9.17, 15) is 9.90 Å². The molecule has 1 saturated carbocycles. The Morgan fingerprint density at radius 2 is 1.79 bits per heavy atom. The van der Waals surface area contributed by atoms with Crippen LogP contribution in [0.3, 0.4) is 0 Å². The van der Waals surface area contributed by atoms with Crippen molar-refractivity contribution in [2.24, 2.45) is 11.8 Å². The first-order valence-electron chi connectivity index (χ1n) is 19.8. The van der Waals surface area contributed by atoms with Gasteiger partial charge in [0.15, 0.2) is 5.82 Å². The van der Waals surface area contributed by atoms with Crippen LogP contribution in [0.1, 0.15) is 55.8 Å². The second-order valence-corrected chi connectivity index (χ2v) is 16.8. The van der Waals surface area contributed by atoms with E-state index in [-0.39, 0.29) is 11.3 Å². The zero-order chi connectivity index (χ0) is 40.1. The number of aromatic nitrogens is 3. The van der Waals surface area contributed by atoms with Crippen molar-refractivity contribution in [2.45, 2.75) is 63.0 Å². The number of aliphatic carboxylic acids is 1. The number of hydrogen-bond acceptors (Lipinski definition) is 10. The molecule has 300 valence electrons. The highest BCUT2D eigenvalue weighted by Gasteiger charge is 2.54. The van der Waals surface area contributed by atoms with E-state index in [0.29, 0.717) is 67.5 Å². The van der Waals surface area contributed by atoms with Gasteiger partial charge in [-0.15, -0.1) is 11.3 Å². The van der Waals surface area contributed by atoms with E-state index in [4.69, 9.17) is 35.5 Å². The molecule has 3 aromatic heterocycles. The van der Waals surface area contributed by atoms with Crippen LogP contribution in [0.4, 0.5) is 5.69 Å². The van der Waals surface area contributed by atoms with Crippen LogP contribution in [0, 0.1) is 11.8 Å². The number of benzene rings is 3. The number of methoxy groups -OCH3 is 1. The second kappa shape index (κ2) is 17.3. The van der Waals surface area contributed by atoms with Crippen molar-refractivity contribution in [3.05, 3.63) is 125 Å². The van der Waals surface area contributed by atoms with E-state index in [0.717, 1.165) is 58.7 Å². The number of halogens is 1. The number of para-hydroxylation sites is 1. The summed E-state index contributed by atoms with van der Waals surface area (Å²) in [7, 11) is 1.63. The summed E-state index contributed by atoms with van der Waals surface area (Å²) in [6.07, 6.45) is 7.80. The van der Waals surface area contributed by atoms with Crippen LogP contribution in [-0.2, 0) is 28.0 Å². The Balaban J connectivity index is 0.958. The molecule has 2 N–H and O–H groups in total. The number of nitrogens with one attached hydrogen (secondary N) is 1. The maximum absolute atomic E-state index is 13.0. The zero-order valence-corrected chi connectivity index (χ0v) is 34.2. The molecule has 10 nitrogen and oxygen atoms in total. The van der Waals surface area contributed by atoms with Gasteiger partial charge < -0.3 is 29.4 Å². The van der Waals surface area contributed by atoms with Gasteiger partial charge in [-0.1, -0.05) is 42.8 Å². The minimum atomic E-state index is -1.10. The number of carboxylic acid groups (broad SMARTS) is 1. The maximum atomic E-state index is 13.0. The molecule has 0 bridgehead atoms. The zero-order valence-electron chi connectivity index (χ0n) is 32.7. The van der Waals surface area contributed by atoms with Crippen molar-refractivity contribution >= 4 is 44.8 Å². The molecule has 0 amide bonds. The van der Waals surface area contributed by atoms with Gasteiger partial charge in [0, 0.05) is 23.1 Å². The van der Waals surface area contributed by atoms with E-state index in [1.54, 1.807) is 43.0 Å². The third-order valence-electron chi connectivity index (χ3n) is 11.8. The summed E-state index contributed by atoms with van der Waals surface area (Å²) in [6, 6.07) is 27.2. The second-order valence-electron chi connectivity index (χ2n) is 15.5. The Kier molecular flexibility index (Phi) is 11.8. The molecular weight excluding hydrogens is 772 g/mol. The maximum Gasteiger partial charge on any atom is 0.329 e. The highest BCUT2D eigenvalue weighted by molar-refractivity contribution is 7.17. The predicted octanol–water partition coefficient (Wildman–Crippen LogP) is 10.0. The van der Waals surface area contributed by atoms with Gasteiger partial charge in [-0.05, 0) is 133 Å². The quantitative estimate of drug-likeness (QED) is 0.0912. The van der Waals surface area contributed by atoms with Crippen LogP contribution in [0.25, 0.3) is 21.6 Å². The summed E-state index contributed by atoms with van der Waals surface area (Å²) in [4.78, 5) is 26.6. The third kappa shape index (κ3) is 8.34. The van der Waals surface area contributed by atoms with Gasteiger partial charge in [0.1, 0.15) is 29.4 Å². The fraction of sp³-hybridized carbons (Fsp3) is 0.348. The number of carbonyl (C=O) groups is 1. The summed E-state index contributed by atoms with van der Waals surface area (Å²) >= 11 is 7.94. The van der Waals surface area contributed by atoms with Gasteiger partial charge in [-0.3, -0.25) is 4.98 Å². The Morgan fingerprint density at radius 3 is 2.62 bits per heavy atom. The number of hydrogen-bond donors (Lipinski definition) is 2. The Morgan fingerprint density at radius 1 is 0.948 bits per heavy atom. The average Bonchev–Trinajstić information content (AvgIpc) is 3.84. The number of rotatable bonds is 16. The topological polar surface area (TPSA) is 125 Å². The Labute approximate surface area is 347 Å². The molecule has 3 aromatic carbocycles. The minimum Gasteiger partial charge on any atom is -0.496 e. The van der Waals surface area contributed by atoms with E-state index in [1.165, 1.54) is 11.1 Å². The molecule has 12 heteroatoms. The molecule has 0 radical (unpaired) electrons. The summed E-state index contributed by atoms with van der Waals surface area (Å²) in [6.45, 7) is 3.90. The molecule has 0 unspecified atom stereocenters. The van der Waals surface area contributed by atoms with Gasteiger partial charge in [0.05, 0.1) is 48.4 Å². The molecule has 58 heavy (non-hydrogen) atoms. The fourth-order valence-corrected chi connectivity index (χ4v) is 9.90. The van der Waals surface area contributed by atoms with Gasteiger partial charge in [-0.25, -0.2) is 14.8 Å². The number of thiophene rings is 1. The van der Waals surface area contributed by atoms with Crippen LogP contribution in [-0.4, -0.2) is 58.5 Å². The average molecular weight is 819 g/mol. The number of ether oxygens (including phenoxy) is 4. The Hall–Kier alpha value is -5.23. The smallest absolute Gasteiger partial charge is 0.329 e. The number of pyridine rings is 1. The number of nitrogens with zero attached hydrogens (tertiary/aromatic N) is 3. The molecule has 1 spiro atoms. The molecule has 2 aliphatic rings. The lowest BCUT2D eigenvalue weighted by Crippen LogP contribution is -2.53. The van der Waals surface area contributed by atoms with E-state index < -0.39 is 11.5 Å². The summed E-state index contributed by atoms with van der Waals surface area (Å²) in [5, 5.41) is 16.7. The summed E-state index contributed by atoms with van der Waals surface area (Å²) in [5.41, 5.74) is 4.51. The molecule has 2 atom stereocenters. The van der Waals surface area contributed by atoms with Gasteiger partial charge >= 0.3 is 5.97 Å². The van der Waals surface area contributed by atoms with Gasteiger partial charge in [-0.2, -0.15) is 0 Å². The standard InChI is InChI=1S/C46H47ClN4O6S/c1-30(28-57-41-13-20-48-39-14-23-58-42(39)41)24-32-25-31-10-11-36(56-22-21-55-29-35-12-19-49-43(50-35)37-8-3-4-9-40(37)54-2)27-38(31)45(32)15-17-46(18-16-45,44(52)53)51-34-7-5-6-33(47)26-34/h3-14,19-20,23,26-27,30,32,51H,15-18,21-22,24-25,28-29H2,1-2H3,(H,52,53)/t30-,32+,45?,46?/m1/s1. The summed E-state index contributed by atoms with van der Waals surface area (Å²) in [5.74, 6) is 2.68. The molecule has 0 saturated heterocycles. The minimum absolute atomic E-state index is 0.210. The van der Waals surface area contributed by atoms with Gasteiger partial charge in [0.25, 0.3) is 0 Å². The SMILES string of the molecule is COc1ccccc1-c1nccc(COCCOc2ccc3c(c2)C2(CCC(Nc4cccc(Cl)c4)(C(=O)O)CC2)[C@@H](C[C@@H](C)COc2ccnc4ccsc24)C3)n1. The molecule has 3 heterocycles. The van der Waals surface area contributed by atoms with Crippen molar-refractivity contribution in [3.8, 4) is 28.6 Å². The Bertz CT molecular complexity index is 2380. The highest BCUT2D eigenvalue weighted by atomic mass is 35.5. The largest absolute Gasteiger partial charge is 0.496 e. The van der Waals surface area contributed by atoms with Crippen molar-refractivity contribution in [2.75, 3.05) is 32.2 Å². The van der Waals surface area contributed by atoms with Crippen molar-refractivity contribution in [3.63, 3.8) is 0 Å². The number of anilines is 1. The van der Waals surface area contributed by atoms with Crippen LogP contribution < -0.4 is 19.5 Å². The first-order chi connectivity index (χ1) is 28.2. The van der Waals surface area contributed by atoms with E-state index in [2.05, 4.69) is 34.3 Å². The lowest BCUT2D eigenvalue weighted by Gasteiger charge is -2.47. The van der Waals surface area contributed by atoms with Crippen LogP contribution in [0.5, 0.6) is 17.2 Å². The number of carboxylic acids is 1. The normalized spacial score (nSPS) is 20.4. The van der Waals surface area contributed by atoms with Crippen LogP contribution in [0.15, 0.2) is 103 Å². The van der Waals surface area contributed by atoms with Crippen LogP contribution in [0.2, 0.25) is 5.02 Å². The van der Waals surface area contributed by atoms with E-state index >= 15 is 0 Å². The van der Waals surface area contributed by atoms with E-state index in [1.807, 2.05) is 66.0 Å². The lowest BCUT2D eigenvalue weighted by atomic mass is 9.59. The van der Waals surface area contributed by atoms with Crippen molar-refractivity contribution in [1.82, 2.24) is 15.0 Å². The molecule has 6 aromatic rings. The first-order valence-corrected chi connectivity index (χ1v) is 21.0. The molecule has 0 aliphatic heterocycles. The lowest BCUT2D eigenvalue weighted by molar-refractivity contribution is -0.144. The highest BCUT2D eigenvalue weighted by Crippen LogP contribution is 2.57. The van der Waals surface area contributed by atoms with Crippen molar-refractivity contribution < 1.29 is 28.8 Å². The fourth-order valence-electron chi connectivity index (χ4n) is 8.89. The molecular formula is C46H47ClN4O6S. The van der Waals surface area contributed by atoms with Crippen LogP contribution >= 0.6 is 22.9 Å². The van der Waals surface area contributed by atoms with Crippen molar-refractivity contribution in [1.29, 1.82) is 0 Å². The third-order valence-corrected chi connectivity index (χ3v) is 13.0. The molecule has 1 fully saturated rings. The molecule has 8 rings (SSSR count). The number of fused-ring (bicyclic) bond motifs is 3.